The minimum atomic E-state index is 0.242. The van der Waals surface area contributed by atoms with E-state index in [1.54, 1.807) is 12.1 Å². The van der Waals surface area contributed by atoms with Gasteiger partial charge in [-0.3, -0.25) is 0 Å². The van der Waals surface area contributed by atoms with Gasteiger partial charge in [0.2, 0.25) is 0 Å². The molecule has 3 aromatic carbocycles. The number of benzene rings is 3. The van der Waals surface area contributed by atoms with Crippen LogP contribution in [-0.2, 0) is 17.7 Å². The van der Waals surface area contributed by atoms with Crippen LogP contribution in [0.25, 0.3) is 43.9 Å². The Kier molecular flexibility index (Phi) is 5.28. The van der Waals surface area contributed by atoms with Gasteiger partial charge in [0.05, 0.1) is 7.11 Å². The Labute approximate surface area is 173 Å². The zero-order chi connectivity index (χ0) is 21.4. The number of aryl methyl sites for hydroxylation is 2. The number of phenolic OH excluding ortho intramolecular Hbond substituents is 1. The number of aromatic hydroxyl groups is 1. The average Bonchev–Trinajstić information content (AvgIpc) is 3.30. The van der Waals surface area contributed by atoms with Crippen LogP contribution in [0.15, 0.2) is 45.2 Å². The summed E-state index contributed by atoms with van der Waals surface area (Å²) in [6.45, 7) is 4.12. The lowest BCUT2D eigenvalue weighted by molar-refractivity contribution is -0.178. The number of hydrogen-bond donors (Lipinski definition) is 2. The molecule has 0 amide bonds. The number of aliphatic hydroxyl groups is 1. The van der Waals surface area contributed by atoms with Crippen molar-refractivity contribution in [2.45, 2.75) is 26.7 Å². The van der Waals surface area contributed by atoms with Crippen molar-refractivity contribution in [1.29, 1.82) is 0 Å². The molecule has 0 unspecified atom stereocenters. The van der Waals surface area contributed by atoms with Crippen LogP contribution in [0.5, 0.6) is 11.5 Å². The molecule has 156 valence electrons. The van der Waals surface area contributed by atoms with Crippen molar-refractivity contribution in [3.63, 3.8) is 0 Å². The van der Waals surface area contributed by atoms with E-state index in [2.05, 4.69) is 6.92 Å². The summed E-state index contributed by atoms with van der Waals surface area (Å²) in [5, 5.41) is 20.9. The molecule has 6 nitrogen and oxygen atoms in total. The van der Waals surface area contributed by atoms with Gasteiger partial charge in [0, 0.05) is 28.7 Å². The molecule has 0 saturated carbocycles. The van der Waals surface area contributed by atoms with Crippen molar-refractivity contribution in [2.75, 3.05) is 14.2 Å². The Morgan fingerprint density at radius 1 is 0.733 bits per heavy atom. The summed E-state index contributed by atoms with van der Waals surface area (Å²) in [4.78, 5) is 10.1. The van der Waals surface area contributed by atoms with Gasteiger partial charge >= 0.3 is 0 Å². The number of phenols is 1. The minimum Gasteiger partial charge on any atom is -0.508 e. The van der Waals surface area contributed by atoms with Crippen LogP contribution < -0.4 is 4.89 Å². The molecule has 0 aliphatic heterocycles. The maximum Gasteiger partial charge on any atom is 0.166 e. The van der Waals surface area contributed by atoms with Crippen LogP contribution in [0.2, 0.25) is 0 Å². The molecule has 0 saturated heterocycles. The van der Waals surface area contributed by atoms with Gasteiger partial charge in [-0.05, 0) is 60.4 Å². The van der Waals surface area contributed by atoms with Gasteiger partial charge in [-0.1, -0.05) is 13.8 Å². The first-order valence-corrected chi connectivity index (χ1v) is 9.85. The van der Waals surface area contributed by atoms with Gasteiger partial charge in [0.1, 0.15) is 28.1 Å². The molecule has 5 rings (SSSR count). The second kappa shape index (κ2) is 7.89. The number of aliphatic hydroxyl groups excluding tert-OH is 1. The Morgan fingerprint density at radius 3 is 1.80 bits per heavy atom. The molecule has 6 heteroatoms. The van der Waals surface area contributed by atoms with Crippen LogP contribution in [0, 0.1) is 0 Å². The summed E-state index contributed by atoms with van der Waals surface area (Å²) in [6.07, 6.45) is 1.59. The number of furan rings is 2. The summed E-state index contributed by atoms with van der Waals surface area (Å²) in [6, 6.07) is 11.3. The first-order chi connectivity index (χ1) is 14.6. The van der Waals surface area contributed by atoms with E-state index in [1.165, 1.54) is 7.11 Å². The molecule has 0 aliphatic rings. The van der Waals surface area contributed by atoms with Crippen molar-refractivity contribution in [3.8, 4) is 11.5 Å². The topological polar surface area (TPSA) is 85.2 Å². The molecular formula is C24H24O6. The van der Waals surface area contributed by atoms with Gasteiger partial charge < -0.3 is 23.9 Å². The molecule has 5 aromatic rings. The average molecular weight is 408 g/mol. The van der Waals surface area contributed by atoms with Crippen LogP contribution in [0.1, 0.15) is 25.0 Å². The predicted molar refractivity (Wildman–Crippen MR) is 117 cm³/mol. The summed E-state index contributed by atoms with van der Waals surface area (Å²) in [5.74, 6) is 0.879. The lowest BCUT2D eigenvalue weighted by Crippen LogP contribution is -1.92. The van der Waals surface area contributed by atoms with E-state index in [9.17, 15) is 5.11 Å². The highest BCUT2D eigenvalue weighted by molar-refractivity contribution is 6.15. The smallest absolute Gasteiger partial charge is 0.166 e. The van der Waals surface area contributed by atoms with Gasteiger partial charge in [0.15, 0.2) is 5.75 Å². The Morgan fingerprint density at radius 2 is 1.27 bits per heavy atom. The van der Waals surface area contributed by atoms with E-state index < -0.39 is 0 Å². The van der Waals surface area contributed by atoms with Gasteiger partial charge in [-0.2, -0.15) is 4.89 Å². The second-order valence-electron chi connectivity index (χ2n) is 6.95. The highest BCUT2D eigenvalue weighted by Crippen LogP contribution is 2.40. The van der Waals surface area contributed by atoms with E-state index in [0.29, 0.717) is 5.75 Å². The maximum absolute atomic E-state index is 10.1. The molecule has 0 atom stereocenters. The van der Waals surface area contributed by atoms with E-state index in [-0.39, 0.29) is 5.75 Å². The highest BCUT2D eigenvalue weighted by atomic mass is 17.2. The van der Waals surface area contributed by atoms with Crippen molar-refractivity contribution in [1.82, 2.24) is 0 Å². The standard InChI is InChI=1S/C23H20O5.CH4O/c1-4-12-6-14(24)8-18-16-10-21-17(11-20(16)26-22(12)18)19-9-15(28-25-3)7-13(5-2)23(19)27-21;1-2/h6-11,24H,4-5H2,1-3H3;2H,1H3. The van der Waals surface area contributed by atoms with E-state index in [4.69, 9.17) is 23.7 Å². The largest absolute Gasteiger partial charge is 0.508 e. The van der Waals surface area contributed by atoms with Crippen molar-refractivity contribution >= 4 is 43.9 Å². The number of rotatable bonds is 4. The summed E-state index contributed by atoms with van der Waals surface area (Å²) in [5.41, 5.74) is 5.22. The summed E-state index contributed by atoms with van der Waals surface area (Å²) in [7, 11) is 2.49. The molecular weight excluding hydrogens is 384 g/mol. The van der Waals surface area contributed by atoms with Gasteiger partial charge in [0.25, 0.3) is 0 Å². The van der Waals surface area contributed by atoms with Crippen molar-refractivity contribution in [3.05, 3.63) is 47.5 Å². The van der Waals surface area contributed by atoms with Crippen LogP contribution in [0.4, 0.5) is 0 Å². The fraction of sp³-hybridized carbons (Fsp3) is 0.250. The third kappa shape index (κ3) is 3.05. The number of hydrogen-bond acceptors (Lipinski definition) is 6. The zero-order valence-electron chi connectivity index (χ0n) is 17.4. The summed E-state index contributed by atoms with van der Waals surface area (Å²) < 4.78 is 12.4. The monoisotopic (exact) mass is 408 g/mol. The molecule has 0 aliphatic carbocycles. The second-order valence-corrected chi connectivity index (χ2v) is 6.95. The molecule has 30 heavy (non-hydrogen) atoms. The van der Waals surface area contributed by atoms with Gasteiger partial charge in [-0.15, -0.1) is 0 Å². The molecule has 0 fully saturated rings. The molecule has 2 N–H and O–H groups in total. The number of fused-ring (bicyclic) bond motifs is 6. The third-order valence-electron chi connectivity index (χ3n) is 5.32. The van der Waals surface area contributed by atoms with Crippen molar-refractivity contribution in [2.24, 2.45) is 0 Å². The first-order valence-electron chi connectivity index (χ1n) is 9.85. The van der Waals surface area contributed by atoms with E-state index >= 15 is 0 Å². The Hall–Kier alpha value is -3.22. The maximum atomic E-state index is 10.1. The van der Waals surface area contributed by atoms with Crippen molar-refractivity contribution < 1.29 is 28.8 Å². The SMILES string of the molecule is CCc1cc(O)cc2c1oc1cc3c(cc12)oc1c(CC)cc(OOC)cc13.CO. The fourth-order valence-electron chi connectivity index (χ4n) is 4.01. The lowest BCUT2D eigenvalue weighted by atomic mass is 10.0. The lowest BCUT2D eigenvalue weighted by Gasteiger charge is -2.04. The van der Waals surface area contributed by atoms with E-state index in [1.807, 2.05) is 31.2 Å². The molecule has 2 heterocycles. The molecule has 2 aromatic heterocycles. The zero-order valence-corrected chi connectivity index (χ0v) is 17.4. The van der Waals surface area contributed by atoms with Crippen LogP contribution in [0.3, 0.4) is 0 Å². The first kappa shape index (κ1) is 20.1. The van der Waals surface area contributed by atoms with E-state index in [0.717, 1.165) is 75.0 Å². The predicted octanol–water partition coefficient (Wildman–Crippen LogP) is 5.86. The van der Waals surface area contributed by atoms with Crippen LogP contribution >= 0.6 is 0 Å². The highest BCUT2D eigenvalue weighted by Gasteiger charge is 2.18. The third-order valence-corrected chi connectivity index (χ3v) is 5.32. The summed E-state index contributed by atoms with van der Waals surface area (Å²) >= 11 is 0. The fourth-order valence-corrected chi connectivity index (χ4v) is 4.01. The molecule has 0 radical (unpaired) electrons. The normalized spacial score (nSPS) is 11.4. The van der Waals surface area contributed by atoms with Crippen LogP contribution in [-0.4, -0.2) is 24.4 Å². The Balaban J connectivity index is 0.00000106. The van der Waals surface area contributed by atoms with Gasteiger partial charge in [-0.25, -0.2) is 0 Å². The molecule has 0 spiro atoms. The minimum absolute atomic E-state index is 0.242. The quantitative estimate of drug-likeness (QED) is 0.286. The Bertz CT molecular complexity index is 1360. The molecule has 0 bridgehead atoms.